The van der Waals surface area contributed by atoms with Crippen LogP contribution in [0.25, 0.3) is 0 Å². The molecule has 1 atom stereocenters. The van der Waals surface area contributed by atoms with Crippen molar-refractivity contribution in [1.82, 2.24) is 5.32 Å². The van der Waals surface area contributed by atoms with Crippen molar-refractivity contribution >= 4 is 34.4 Å². The predicted octanol–water partition coefficient (Wildman–Crippen LogP) is 3.50. The molecule has 0 fully saturated rings. The van der Waals surface area contributed by atoms with E-state index in [1.807, 2.05) is 35.7 Å². The van der Waals surface area contributed by atoms with Gasteiger partial charge >= 0.3 is 0 Å². The third kappa shape index (κ3) is 3.49. The number of nitrogens with one attached hydrogen (secondary N) is 1. The first-order valence-electron chi connectivity index (χ1n) is 8.04. The normalized spacial score (nSPS) is 15.5. The van der Waals surface area contributed by atoms with Gasteiger partial charge in [0.2, 0.25) is 11.9 Å². The summed E-state index contributed by atoms with van der Waals surface area (Å²) in [7, 11) is 0. The van der Waals surface area contributed by atoms with E-state index in [9.17, 15) is 9.59 Å². The maximum atomic E-state index is 12.3. The van der Waals surface area contributed by atoms with Gasteiger partial charge in [-0.15, -0.1) is 22.7 Å². The fourth-order valence-corrected chi connectivity index (χ4v) is 4.21. The SMILES string of the molecule is O=C(c1cccs1)c1ccc(CNC(=O)[C@@H]2COc3ccccc3O2)s1. The first kappa shape index (κ1) is 16.8. The minimum absolute atomic E-state index is 0.0168. The van der Waals surface area contributed by atoms with Crippen molar-refractivity contribution in [1.29, 1.82) is 0 Å². The Kier molecular flexibility index (Phi) is 4.73. The number of ketones is 1. The first-order valence-corrected chi connectivity index (χ1v) is 9.73. The van der Waals surface area contributed by atoms with Crippen molar-refractivity contribution < 1.29 is 19.1 Å². The Morgan fingerprint density at radius 1 is 1.04 bits per heavy atom. The standard InChI is InChI=1S/C19H15NO4S2/c21-18(16-6-3-9-25-16)17-8-7-12(26-17)10-20-19(22)15-11-23-13-4-1-2-5-14(13)24-15/h1-9,15H,10-11H2,(H,20,22)/t15-/m0/s1. The van der Waals surface area contributed by atoms with E-state index >= 15 is 0 Å². The van der Waals surface area contributed by atoms with Crippen LogP contribution in [0.5, 0.6) is 11.5 Å². The van der Waals surface area contributed by atoms with Crippen molar-refractivity contribution in [2.75, 3.05) is 6.61 Å². The molecule has 0 bridgehead atoms. The van der Waals surface area contributed by atoms with Gasteiger partial charge in [0, 0.05) is 4.88 Å². The van der Waals surface area contributed by atoms with Crippen LogP contribution in [0.2, 0.25) is 0 Å². The van der Waals surface area contributed by atoms with Crippen LogP contribution in [0.4, 0.5) is 0 Å². The van der Waals surface area contributed by atoms with Crippen LogP contribution >= 0.6 is 22.7 Å². The zero-order chi connectivity index (χ0) is 17.9. The van der Waals surface area contributed by atoms with Crippen molar-refractivity contribution in [2.24, 2.45) is 0 Å². The fourth-order valence-electron chi connectivity index (χ4n) is 2.56. The summed E-state index contributed by atoms with van der Waals surface area (Å²) in [6.45, 7) is 0.526. The molecule has 1 aliphatic rings. The maximum absolute atomic E-state index is 12.3. The van der Waals surface area contributed by atoms with Gasteiger partial charge in [0.15, 0.2) is 11.5 Å². The lowest BCUT2D eigenvalue weighted by Crippen LogP contribution is -2.43. The van der Waals surface area contributed by atoms with E-state index in [1.165, 1.54) is 22.7 Å². The molecule has 1 N–H and O–H groups in total. The monoisotopic (exact) mass is 385 g/mol. The van der Waals surface area contributed by atoms with Crippen LogP contribution in [0.1, 0.15) is 19.4 Å². The Hall–Kier alpha value is -2.64. The lowest BCUT2D eigenvalue weighted by Gasteiger charge is -2.25. The molecular weight excluding hydrogens is 370 g/mol. The van der Waals surface area contributed by atoms with E-state index in [0.29, 0.717) is 27.8 Å². The Bertz CT molecular complexity index is 933. The van der Waals surface area contributed by atoms with E-state index in [0.717, 1.165) is 4.88 Å². The summed E-state index contributed by atoms with van der Waals surface area (Å²) in [6, 6.07) is 14.6. The van der Waals surface area contributed by atoms with E-state index < -0.39 is 6.10 Å². The van der Waals surface area contributed by atoms with Gasteiger partial charge in [-0.1, -0.05) is 18.2 Å². The summed E-state index contributed by atoms with van der Waals surface area (Å²) in [4.78, 5) is 27.0. The Morgan fingerprint density at radius 2 is 1.88 bits per heavy atom. The molecule has 2 aromatic heterocycles. The molecule has 0 radical (unpaired) electrons. The molecular formula is C19H15NO4S2. The van der Waals surface area contributed by atoms with Gasteiger partial charge in [-0.3, -0.25) is 9.59 Å². The van der Waals surface area contributed by atoms with Crippen LogP contribution in [-0.2, 0) is 11.3 Å². The predicted molar refractivity (Wildman–Crippen MR) is 100 cm³/mol. The van der Waals surface area contributed by atoms with Gasteiger partial charge in [-0.2, -0.15) is 0 Å². The largest absolute Gasteiger partial charge is 0.485 e. The Balaban J connectivity index is 1.35. The Morgan fingerprint density at radius 3 is 2.69 bits per heavy atom. The summed E-state index contributed by atoms with van der Waals surface area (Å²) in [5, 5.41) is 4.73. The lowest BCUT2D eigenvalue weighted by atomic mass is 10.2. The highest BCUT2D eigenvalue weighted by atomic mass is 32.1. The number of benzene rings is 1. The first-order chi connectivity index (χ1) is 12.7. The van der Waals surface area contributed by atoms with Crippen LogP contribution in [0.15, 0.2) is 53.9 Å². The highest BCUT2D eigenvalue weighted by Crippen LogP contribution is 2.31. The van der Waals surface area contributed by atoms with Crippen LogP contribution in [0, 0.1) is 0 Å². The number of para-hydroxylation sites is 2. The number of ether oxygens (including phenoxy) is 2. The minimum Gasteiger partial charge on any atom is -0.485 e. The number of hydrogen-bond donors (Lipinski definition) is 1. The van der Waals surface area contributed by atoms with E-state index in [4.69, 9.17) is 9.47 Å². The van der Waals surface area contributed by atoms with Crippen molar-refractivity contribution in [3.8, 4) is 11.5 Å². The number of amides is 1. The zero-order valence-electron chi connectivity index (χ0n) is 13.6. The molecule has 1 aliphatic heterocycles. The average molecular weight is 385 g/mol. The van der Waals surface area contributed by atoms with Gasteiger partial charge in [0.25, 0.3) is 5.91 Å². The quantitative estimate of drug-likeness (QED) is 0.683. The Labute approximate surface area is 158 Å². The number of carbonyl (C=O) groups excluding carboxylic acids is 2. The van der Waals surface area contributed by atoms with E-state index in [-0.39, 0.29) is 18.3 Å². The zero-order valence-corrected chi connectivity index (χ0v) is 15.3. The van der Waals surface area contributed by atoms with Crippen molar-refractivity contribution in [3.63, 3.8) is 0 Å². The molecule has 0 saturated heterocycles. The maximum Gasteiger partial charge on any atom is 0.264 e. The number of hydrogen-bond acceptors (Lipinski definition) is 6. The minimum atomic E-state index is -0.683. The molecule has 3 heterocycles. The van der Waals surface area contributed by atoms with Gasteiger partial charge in [0.1, 0.15) is 6.61 Å². The number of fused-ring (bicyclic) bond motifs is 1. The van der Waals surface area contributed by atoms with Gasteiger partial charge in [0.05, 0.1) is 16.3 Å². The number of thiophene rings is 2. The molecule has 26 heavy (non-hydrogen) atoms. The molecule has 0 aliphatic carbocycles. The van der Waals surface area contributed by atoms with Crippen LogP contribution < -0.4 is 14.8 Å². The third-order valence-electron chi connectivity index (χ3n) is 3.87. The second-order valence-electron chi connectivity index (χ2n) is 5.65. The average Bonchev–Trinajstić information content (AvgIpc) is 3.37. The molecule has 1 amide bonds. The summed E-state index contributed by atoms with van der Waals surface area (Å²) in [6.07, 6.45) is -0.683. The topological polar surface area (TPSA) is 64.6 Å². The number of rotatable bonds is 5. The molecule has 0 unspecified atom stereocenters. The van der Waals surface area contributed by atoms with Gasteiger partial charge in [-0.25, -0.2) is 0 Å². The summed E-state index contributed by atoms with van der Waals surface area (Å²) >= 11 is 2.81. The number of carbonyl (C=O) groups is 2. The highest BCUT2D eigenvalue weighted by Gasteiger charge is 2.27. The second kappa shape index (κ2) is 7.31. The van der Waals surface area contributed by atoms with Crippen molar-refractivity contribution in [3.05, 3.63) is 68.5 Å². The van der Waals surface area contributed by atoms with Crippen LogP contribution in [0.3, 0.4) is 0 Å². The third-order valence-corrected chi connectivity index (χ3v) is 5.82. The molecule has 4 rings (SSSR count). The molecule has 3 aromatic rings. The second-order valence-corrected chi connectivity index (χ2v) is 7.77. The highest BCUT2D eigenvalue weighted by molar-refractivity contribution is 7.16. The fraction of sp³-hybridized carbons (Fsp3) is 0.158. The van der Waals surface area contributed by atoms with E-state index in [2.05, 4.69) is 5.32 Å². The van der Waals surface area contributed by atoms with Gasteiger partial charge < -0.3 is 14.8 Å². The molecule has 132 valence electrons. The lowest BCUT2D eigenvalue weighted by molar-refractivity contribution is -0.130. The molecule has 0 spiro atoms. The molecule has 7 heteroatoms. The summed E-state index contributed by atoms with van der Waals surface area (Å²) in [5.41, 5.74) is 0. The molecule has 1 aromatic carbocycles. The van der Waals surface area contributed by atoms with Crippen molar-refractivity contribution in [2.45, 2.75) is 12.6 Å². The van der Waals surface area contributed by atoms with Crippen LogP contribution in [-0.4, -0.2) is 24.4 Å². The van der Waals surface area contributed by atoms with Gasteiger partial charge in [-0.05, 0) is 35.7 Å². The molecule has 0 saturated carbocycles. The summed E-state index contributed by atoms with van der Waals surface area (Å²) < 4.78 is 11.2. The molecule has 5 nitrogen and oxygen atoms in total. The van der Waals surface area contributed by atoms with E-state index in [1.54, 1.807) is 18.2 Å². The smallest absolute Gasteiger partial charge is 0.264 e. The summed E-state index contributed by atoms with van der Waals surface area (Å²) in [5.74, 6) is 0.993.